The molecule has 1 aliphatic carbocycles. The molecule has 1 aromatic carbocycles. The summed E-state index contributed by atoms with van der Waals surface area (Å²) in [6.07, 6.45) is 5.25. The summed E-state index contributed by atoms with van der Waals surface area (Å²) < 4.78 is 0. The van der Waals surface area contributed by atoms with Crippen molar-refractivity contribution in [2.24, 2.45) is 5.92 Å². The minimum absolute atomic E-state index is 0.0158. The van der Waals surface area contributed by atoms with Crippen LogP contribution in [0.3, 0.4) is 0 Å². The van der Waals surface area contributed by atoms with Crippen LogP contribution in [0, 0.1) is 5.92 Å². The summed E-state index contributed by atoms with van der Waals surface area (Å²) in [7, 11) is 0. The molecular formula is C24H34ClN3O4. The van der Waals surface area contributed by atoms with Crippen molar-refractivity contribution >= 4 is 29.5 Å². The zero-order valence-corrected chi connectivity index (χ0v) is 19.7. The quantitative estimate of drug-likeness (QED) is 0.640. The first-order chi connectivity index (χ1) is 15.3. The minimum Gasteiger partial charge on any atom is -0.465 e. The monoisotopic (exact) mass is 463 g/mol. The maximum absolute atomic E-state index is 13.3. The minimum atomic E-state index is -1.23. The summed E-state index contributed by atoms with van der Waals surface area (Å²) in [6.45, 7) is 4.83. The van der Waals surface area contributed by atoms with E-state index < -0.39 is 12.1 Å². The van der Waals surface area contributed by atoms with Crippen LogP contribution < -0.4 is 5.32 Å². The Balaban J connectivity index is 1.72. The SMILES string of the molecule is CC(C)C(=O)N(C1CCCCC1)C1CCN(C(=O)C(Cc2ccc(Cl)cc2)NC(=O)O)C1. The van der Waals surface area contributed by atoms with Crippen molar-refractivity contribution in [2.75, 3.05) is 13.1 Å². The lowest BCUT2D eigenvalue weighted by Gasteiger charge is -2.39. The normalized spacial score (nSPS) is 20.2. The fourth-order valence-electron chi connectivity index (χ4n) is 4.91. The number of likely N-dealkylation sites (tertiary alicyclic amines) is 1. The number of amides is 3. The van der Waals surface area contributed by atoms with Gasteiger partial charge in [0, 0.05) is 36.5 Å². The van der Waals surface area contributed by atoms with E-state index in [1.807, 2.05) is 13.8 Å². The molecule has 3 rings (SSSR count). The molecule has 7 nitrogen and oxygen atoms in total. The van der Waals surface area contributed by atoms with Crippen LogP contribution >= 0.6 is 11.6 Å². The van der Waals surface area contributed by atoms with Crippen molar-refractivity contribution in [3.63, 3.8) is 0 Å². The molecule has 2 fully saturated rings. The molecule has 1 heterocycles. The lowest BCUT2D eigenvalue weighted by atomic mass is 9.92. The van der Waals surface area contributed by atoms with Gasteiger partial charge in [-0.05, 0) is 37.0 Å². The van der Waals surface area contributed by atoms with E-state index in [4.69, 9.17) is 11.6 Å². The predicted octanol–water partition coefficient (Wildman–Crippen LogP) is 3.94. The van der Waals surface area contributed by atoms with Crippen LogP contribution in [0.15, 0.2) is 24.3 Å². The standard InChI is InChI=1S/C24H34ClN3O4/c1-16(2)22(29)28(19-6-4-3-5-7-19)20-12-13-27(15-20)23(30)21(26-24(31)32)14-17-8-10-18(25)11-9-17/h8-11,16,19-21,26H,3-7,12-15H2,1-2H3,(H,31,32). The van der Waals surface area contributed by atoms with Gasteiger partial charge in [-0.25, -0.2) is 4.79 Å². The average molecular weight is 464 g/mol. The van der Waals surface area contributed by atoms with Crippen LogP contribution in [0.4, 0.5) is 4.79 Å². The number of carbonyl (C=O) groups excluding carboxylic acids is 2. The lowest BCUT2D eigenvalue weighted by molar-refractivity contribution is -0.141. The zero-order valence-electron chi connectivity index (χ0n) is 18.9. The van der Waals surface area contributed by atoms with Gasteiger partial charge in [0.25, 0.3) is 0 Å². The maximum atomic E-state index is 13.3. The number of nitrogens with zero attached hydrogens (tertiary/aromatic N) is 2. The first kappa shape index (κ1) is 24.4. The molecule has 1 saturated heterocycles. The molecule has 1 aromatic rings. The molecule has 1 saturated carbocycles. The highest BCUT2D eigenvalue weighted by atomic mass is 35.5. The molecular weight excluding hydrogens is 430 g/mol. The highest BCUT2D eigenvalue weighted by Crippen LogP contribution is 2.29. The molecule has 2 unspecified atom stereocenters. The van der Waals surface area contributed by atoms with Gasteiger partial charge in [0.2, 0.25) is 11.8 Å². The smallest absolute Gasteiger partial charge is 0.405 e. The van der Waals surface area contributed by atoms with Gasteiger partial charge in [-0.1, -0.05) is 56.8 Å². The molecule has 8 heteroatoms. The van der Waals surface area contributed by atoms with Crippen molar-refractivity contribution in [3.8, 4) is 0 Å². The van der Waals surface area contributed by atoms with Gasteiger partial charge < -0.3 is 20.2 Å². The fourth-order valence-corrected chi connectivity index (χ4v) is 5.04. The van der Waals surface area contributed by atoms with E-state index in [-0.39, 0.29) is 36.2 Å². The van der Waals surface area contributed by atoms with Crippen molar-refractivity contribution in [1.29, 1.82) is 0 Å². The fraction of sp³-hybridized carbons (Fsp3) is 0.625. The van der Waals surface area contributed by atoms with E-state index in [0.717, 1.165) is 37.7 Å². The van der Waals surface area contributed by atoms with Crippen LogP contribution in [0.5, 0.6) is 0 Å². The Morgan fingerprint density at radius 1 is 1.09 bits per heavy atom. The van der Waals surface area contributed by atoms with Crippen LogP contribution in [0.1, 0.15) is 57.9 Å². The zero-order chi connectivity index (χ0) is 23.3. The van der Waals surface area contributed by atoms with E-state index >= 15 is 0 Å². The molecule has 2 aliphatic rings. The Bertz CT molecular complexity index is 808. The Morgan fingerprint density at radius 3 is 2.34 bits per heavy atom. The lowest BCUT2D eigenvalue weighted by Crippen LogP contribution is -2.52. The number of benzene rings is 1. The van der Waals surface area contributed by atoms with E-state index in [0.29, 0.717) is 18.1 Å². The molecule has 0 radical (unpaired) electrons. The van der Waals surface area contributed by atoms with E-state index in [2.05, 4.69) is 10.2 Å². The number of hydrogen-bond donors (Lipinski definition) is 2. The third-order valence-electron chi connectivity index (χ3n) is 6.53. The molecule has 1 aliphatic heterocycles. The second kappa shape index (κ2) is 11.0. The van der Waals surface area contributed by atoms with Crippen molar-refractivity contribution in [3.05, 3.63) is 34.9 Å². The summed E-state index contributed by atoms with van der Waals surface area (Å²) in [5.74, 6) is -0.184. The third kappa shape index (κ3) is 6.15. The summed E-state index contributed by atoms with van der Waals surface area (Å²) >= 11 is 5.94. The number of nitrogens with one attached hydrogen (secondary N) is 1. The molecule has 0 bridgehead atoms. The van der Waals surface area contributed by atoms with Crippen LogP contribution in [0.2, 0.25) is 5.02 Å². The first-order valence-corrected chi connectivity index (χ1v) is 12.0. The molecule has 0 spiro atoms. The number of halogens is 1. The summed E-state index contributed by atoms with van der Waals surface area (Å²) in [5.41, 5.74) is 0.830. The number of carbonyl (C=O) groups is 3. The Morgan fingerprint density at radius 2 is 1.75 bits per heavy atom. The summed E-state index contributed by atoms with van der Waals surface area (Å²) in [6, 6.07) is 6.39. The van der Waals surface area contributed by atoms with Gasteiger partial charge in [-0.15, -0.1) is 0 Å². The van der Waals surface area contributed by atoms with Crippen molar-refractivity contribution in [1.82, 2.24) is 15.1 Å². The summed E-state index contributed by atoms with van der Waals surface area (Å²) in [4.78, 5) is 41.5. The van der Waals surface area contributed by atoms with Crippen molar-refractivity contribution in [2.45, 2.75) is 76.9 Å². The van der Waals surface area contributed by atoms with E-state index in [9.17, 15) is 19.5 Å². The second-order valence-electron chi connectivity index (χ2n) is 9.25. The summed E-state index contributed by atoms with van der Waals surface area (Å²) in [5, 5.41) is 12.3. The van der Waals surface area contributed by atoms with Gasteiger partial charge in [-0.2, -0.15) is 0 Å². The Hall–Kier alpha value is -2.28. The predicted molar refractivity (Wildman–Crippen MR) is 124 cm³/mol. The second-order valence-corrected chi connectivity index (χ2v) is 9.69. The van der Waals surface area contributed by atoms with Gasteiger partial charge in [-0.3, -0.25) is 9.59 Å². The Labute approximate surface area is 195 Å². The van der Waals surface area contributed by atoms with Gasteiger partial charge >= 0.3 is 6.09 Å². The van der Waals surface area contributed by atoms with Crippen LogP contribution in [-0.2, 0) is 16.0 Å². The Kier molecular flexibility index (Phi) is 8.40. The van der Waals surface area contributed by atoms with E-state index in [1.54, 1.807) is 29.2 Å². The molecule has 0 aromatic heterocycles. The van der Waals surface area contributed by atoms with Gasteiger partial charge in [0.1, 0.15) is 6.04 Å². The highest BCUT2D eigenvalue weighted by molar-refractivity contribution is 6.30. The molecule has 3 amide bonds. The molecule has 176 valence electrons. The molecule has 32 heavy (non-hydrogen) atoms. The van der Waals surface area contributed by atoms with Crippen molar-refractivity contribution < 1.29 is 19.5 Å². The highest BCUT2D eigenvalue weighted by Gasteiger charge is 2.39. The van der Waals surface area contributed by atoms with E-state index in [1.165, 1.54) is 6.42 Å². The average Bonchev–Trinajstić information content (AvgIpc) is 3.24. The van der Waals surface area contributed by atoms with Crippen LogP contribution in [0.25, 0.3) is 0 Å². The number of rotatable bonds is 7. The number of hydrogen-bond acceptors (Lipinski definition) is 3. The van der Waals surface area contributed by atoms with Gasteiger partial charge in [0.15, 0.2) is 0 Å². The van der Waals surface area contributed by atoms with Gasteiger partial charge in [0.05, 0.1) is 6.04 Å². The topological polar surface area (TPSA) is 90.0 Å². The molecule has 2 N–H and O–H groups in total. The molecule has 2 atom stereocenters. The first-order valence-electron chi connectivity index (χ1n) is 11.6. The van der Waals surface area contributed by atoms with Crippen LogP contribution in [-0.4, -0.2) is 64.0 Å². The third-order valence-corrected chi connectivity index (χ3v) is 6.79. The number of carboxylic acid groups (broad SMARTS) is 1. The maximum Gasteiger partial charge on any atom is 0.405 e. The largest absolute Gasteiger partial charge is 0.465 e.